The maximum absolute atomic E-state index is 14.1. The predicted molar refractivity (Wildman–Crippen MR) is 140 cm³/mol. The van der Waals surface area contributed by atoms with Gasteiger partial charge in [-0.1, -0.05) is 35.5 Å². The molecule has 0 bridgehead atoms. The number of hydrogen-bond acceptors (Lipinski definition) is 7. The van der Waals surface area contributed by atoms with Crippen LogP contribution >= 0.6 is 23.4 Å². The Labute approximate surface area is 220 Å². The van der Waals surface area contributed by atoms with Crippen molar-refractivity contribution in [3.63, 3.8) is 0 Å². The quantitative estimate of drug-likeness (QED) is 0.346. The van der Waals surface area contributed by atoms with Crippen LogP contribution < -0.4 is 15.1 Å². The summed E-state index contributed by atoms with van der Waals surface area (Å²) >= 11 is 7.53. The summed E-state index contributed by atoms with van der Waals surface area (Å²) in [6.45, 7) is 8.55. The molecule has 1 atom stereocenters. The lowest BCUT2D eigenvalue weighted by Crippen LogP contribution is -2.56. The molecule has 36 heavy (non-hydrogen) atoms. The summed E-state index contributed by atoms with van der Waals surface area (Å²) in [6, 6.07) is 8.36. The highest BCUT2D eigenvalue weighted by molar-refractivity contribution is 7.99. The third kappa shape index (κ3) is 6.31. The average molecular weight is 536 g/mol. The van der Waals surface area contributed by atoms with Crippen molar-refractivity contribution in [3.05, 3.63) is 41.3 Å². The van der Waals surface area contributed by atoms with E-state index in [9.17, 15) is 14.0 Å². The van der Waals surface area contributed by atoms with Crippen LogP contribution in [0.2, 0.25) is 5.15 Å². The van der Waals surface area contributed by atoms with Crippen LogP contribution in [0.3, 0.4) is 0 Å². The largest absolute Gasteiger partial charge is 0.366 e. The lowest BCUT2D eigenvalue weighted by atomic mass is 10.2. The number of aromatic nitrogens is 2. The standard InChI is InChI=1S/C24H31ClFN7O2S/c1-3-27-24(35)33-13-12-32(15-17(33)2)21-14-20(25)28-23(29-21)36-16-22(34)31-10-8-30(9-11-31)19-7-5-4-6-18(19)26/h4-7,14,17H,3,8-13,15-16H2,1-2H3,(H,27,35)/t17-/m0/s1. The van der Waals surface area contributed by atoms with Crippen molar-refractivity contribution >= 4 is 46.8 Å². The second-order valence-corrected chi connectivity index (χ2v) is 10.1. The van der Waals surface area contributed by atoms with E-state index in [0.29, 0.717) is 74.2 Å². The molecule has 0 spiro atoms. The monoisotopic (exact) mass is 535 g/mol. The Morgan fingerprint density at radius 1 is 1.11 bits per heavy atom. The summed E-state index contributed by atoms with van der Waals surface area (Å²) in [5, 5.41) is 3.60. The van der Waals surface area contributed by atoms with Crippen LogP contribution in [-0.4, -0.2) is 95.9 Å². The molecule has 9 nitrogen and oxygen atoms in total. The molecule has 2 aliphatic rings. The van der Waals surface area contributed by atoms with Crippen LogP contribution in [-0.2, 0) is 4.79 Å². The minimum atomic E-state index is -0.248. The third-order valence-corrected chi connectivity index (χ3v) is 7.38. The molecule has 0 aliphatic carbocycles. The first-order chi connectivity index (χ1) is 17.4. The zero-order valence-electron chi connectivity index (χ0n) is 20.5. The number of anilines is 2. The number of carbonyl (C=O) groups is 2. The Morgan fingerprint density at radius 3 is 2.53 bits per heavy atom. The third-order valence-electron chi connectivity index (χ3n) is 6.35. The number of nitrogens with one attached hydrogen (secondary N) is 1. The summed E-state index contributed by atoms with van der Waals surface area (Å²) in [7, 11) is 0. The maximum Gasteiger partial charge on any atom is 0.317 e. The summed E-state index contributed by atoms with van der Waals surface area (Å²) in [5.41, 5.74) is 0.569. The van der Waals surface area contributed by atoms with Crippen LogP contribution in [0.5, 0.6) is 0 Å². The van der Waals surface area contributed by atoms with Gasteiger partial charge in [0.15, 0.2) is 5.16 Å². The summed E-state index contributed by atoms with van der Waals surface area (Å²) < 4.78 is 14.1. The van der Waals surface area contributed by atoms with Crippen LogP contribution in [0, 0.1) is 5.82 Å². The Hall–Kier alpha value is -2.79. The summed E-state index contributed by atoms with van der Waals surface area (Å²) in [6.07, 6.45) is 0. The average Bonchev–Trinajstić information content (AvgIpc) is 2.87. The molecule has 0 radical (unpaired) electrons. The van der Waals surface area contributed by atoms with E-state index in [2.05, 4.69) is 20.2 Å². The molecule has 3 amide bonds. The van der Waals surface area contributed by atoms with Gasteiger partial charge >= 0.3 is 6.03 Å². The van der Waals surface area contributed by atoms with Gasteiger partial charge in [-0.2, -0.15) is 0 Å². The lowest BCUT2D eigenvalue weighted by Gasteiger charge is -2.40. The van der Waals surface area contributed by atoms with E-state index in [0.717, 1.165) is 0 Å². The lowest BCUT2D eigenvalue weighted by molar-refractivity contribution is -0.128. The number of piperazine rings is 2. The normalized spacial score (nSPS) is 18.4. The van der Waals surface area contributed by atoms with E-state index in [1.807, 2.05) is 29.7 Å². The number of amides is 3. The molecule has 0 unspecified atom stereocenters. The molecule has 0 saturated carbocycles. The van der Waals surface area contributed by atoms with Gasteiger partial charge in [0.25, 0.3) is 0 Å². The minimum absolute atomic E-state index is 0.0116. The molecule has 2 fully saturated rings. The highest BCUT2D eigenvalue weighted by atomic mass is 35.5. The van der Waals surface area contributed by atoms with Gasteiger partial charge in [-0.25, -0.2) is 19.2 Å². The second-order valence-electron chi connectivity index (χ2n) is 8.76. The number of hydrogen-bond donors (Lipinski definition) is 1. The molecule has 2 saturated heterocycles. The number of carbonyl (C=O) groups excluding carboxylic acids is 2. The summed E-state index contributed by atoms with van der Waals surface area (Å²) in [4.78, 5) is 41.6. The number of thioether (sulfide) groups is 1. The molecular weight excluding hydrogens is 505 g/mol. The zero-order valence-corrected chi connectivity index (χ0v) is 22.1. The van der Waals surface area contributed by atoms with Gasteiger partial charge in [-0.15, -0.1) is 0 Å². The van der Waals surface area contributed by atoms with Crippen molar-refractivity contribution in [2.24, 2.45) is 0 Å². The molecule has 2 aliphatic heterocycles. The van der Waals surface area contributed by atoms with Gasteiger partial charge in [-0.05, 0) is 26.0 Å². The number of nitrogens with zero attached hydrogens (tertiary/aromatic N) is 6. The highest BCUT2D eigenvalue weighted by Gasteiger charge is 2.28. The van der Waals surface area contributed by atoms with Crippen LogP contribution in [0.15, 0.2) is 35.5 Å². The van der Waals surface area contributed by atoms with Crippen molar-refractivity contribution in [2.45, 2.75) is 25.0 Å². The molecule has 12 heteroatoms. The molecule has 2 aromatic rings. The molecule has 1 N–H and O–H groups in total. The zero-order chi connectivity index (χ0) is 25.7. The Bertz CT molecular complexity index is 1090. The molecule has 1 aromatic heterocycles. The second kappa shape index (κ2) is 12.0. The first kappa shape index (κ1) is 26.3. The maximum atomic E-state index is 14.1. The van der Waals surface area contributed by atoms with Crippen LogP contribution in [0.4, 0.5) is 20.7 Å². The molecule has 3 heterocycles. The fourth-order valence-corrected chi connectivity index (χ4v) is 5.44. The Kier molecular flexibility index (Phi) is 8.73. The number of urea groups is 1. The molecule has 1 aromatic carbocycles. The Morgan fingerprint density at radius 2 is 1.83 bits per heavy atom. The van der Waals surface area contributed by atoms with E-state index in [4.69, 9.17) is 11.6 Å². The highest BCUT2D eigenvalue weighted by Crippen LogP contribution is 2.25. The number of rotatable bonds is 6. The number of para-hydroxylation sites is 1. The number of halogens is 2. The predicted octanol–water partition coefficient (Wildman–Crippen LogP) is 2.95. The fourth-order valence-electron chi connectivity index (χ4n) is 4.45. The Balaban J connectivity index is 1.31. The fraction of sp³-hybridized carbons (Fsp3) is 0.500. The first-order valence-electron chi connectivity index (χ1n) is 12.1. The molecule has 194 valence electrons. The van der Waals surface area contributed by atoms with E-state index in [-0.39, 0.29) is 29.6 Å². The molecular formula is C24H31ClFN7O2S. The summed E-state index contributed by atoms with van der Waals surface area (Å²) in [5.74, 6) is 0.621. The van der Waals surface area contributed by atoms with Crippen molar-refractivity contribution in [3.8, 4) is 0 Å². The topological polar surface area (TPSA) is 84.9 Å². The van der Waals surface area contributed by atoms with Crippen molar-refractivity contribution in [1.29, 1.82) is 0 Å². The van der Waals surface area contributed by atoms with Crippen molar-refractivity contribution < 1.29 is 14.0 Å². The van der Waals surface area contributed by atoms with E-state index < -0.39 is 0 Å². The van der Waals surface area contributed by atoms with Gasteiger partial charge < -0.3 is 24.9 Å². The minimum Gasteiger partial charge on any atom is -0.366 e. The van der Waals surface area contributed by atoms with Gasteiger partial charge in [-0.3, -0.25) is 4.79 Å². The van der Waals surface area contributed by atoms with Gasteiger partial charge in [0, 0.05) is 64.5 Å². The van der Waals surface area contributed by atoms with Gasteiger partial charge in [0.05, 0.1) is 11.4 Å². The van der Waals surface area contributed by atoms with E-state index >= 15 is 0 Å². The smallest absolute Gasteiger partial charge is 0.317 e. The van der Waals surface area contributed by atoms with Crippen molar-refractivity contribution in [2.75, 3.05) is 67.9 Å². The van der Waals surface area contributed by atoms with Crippen LogP contribution in [0.25, 0.3) is 0 Å². The first-order valence-corrected chi connectivity index (χ1v) is 13.5. The van der Waals surface area contributed by atoms with Gasteiger partial charge in [0.2, 0.25) is 5.91 Å². The number of benzene rings is 1. The molecule has 4 rings (SSSR count). The van der Waals surface area contributed by atoms with Crippen molar-refractivity contribution in [1.82, 2.24) is 25.1 Å². The van der Waals surface area contributed by atoms with Crippen LogP contribution in [0.1, 0.15) is 13.8 Å². The van der Waals surface area contributed by atoms with Gasteiger partial charge in [0.1, 0.15) is 16.8 Å². The van der Waals surface area contributed by atoms with E-state index in [1.165, 1.54) is 17.8 Å². The van der Waals surface area contributed by atoms with E-state index in [1.54, 1.807) is 23.1 Å². The SMILES string of the molecule is CCNC(=O)N1CCN(c2cc(Cl)nc(SCC(=O)N3CCN(c4ccccc4F)CC3)n2)C[C@@H]1C.